The van der Waals surface area contributed by atoms with Gasteiger partial charge in [0.25, 0.3) is 0 Å². The standard InChI is InChI=1S/C22H17N3O2/c26-14-23-16-10-12-17(13-11-16)24-21(15-6-2-1-3-7-15)20-18-8-4-5-9-19(18)25-22(20)27/h1-14,25,27H,(H,23,26). The van der Waals surface area contributed by atoms with Gasteiger partial charge in [0.2, 0.25) is 6.41 Å². The Morgan fingerprint density at radius 3 is 2.37 bits per heavy atom. The van der Waals surface area contributed by atoms with Gasteiger partial charge in [-0.2, -0.15) is 0 Å². The molecular formula is C22H17N3O2. The zero-order chi connectivity index (χ0) is 18.6. The summed E-state index contributed by atoms with van der Waals surface area (Å²) in [6.07, 6.45) is 0.637. The van der Waals surface area contributed by atoms with Crippen molar-refractivity contribution in [2.75, 3.05) is 5.32 Å². The van der Waals surface area contributed by atoms with E-state index in [4.69, 9.17) is 4.99 Å². The number of hydrogen-bond donors (Lipinski definition) is 3. The first-order chi connectivity index (χ1) is 13.3. The third kappa shape index (κ3) is 3.30. The second-order valence-electron chi connectivity index (χ2n) is 6.03. The largest absolute Gasteiger partial charge is 0.494 e. The lowest BCUT2D eigenvalue weighted by Crippen LogP contribution is -2.02. The van der Waals surface area contributed by atoms with Gasteiger partial charge < -0.3 is 15.4 Å². The normalized spacial score (nSPS) is 11.5. The Bertz CT molecular complexity index is 1110. The molecule has 3 aromatic carbocycles. The molecule has 5 nitrogen and oxygen atoms in total. The van der Waals surface area contributed by atoms with Crippen molar-refractivity contribution < 1.29 is 9.90 Å². The molecule has 0 bridgehead atoms. The lowest BCUT2D eigenvalue weighted by Gasteiger charge is -2.08. The summed E-state index contributed by atoms with van der Waals surface area (Å²) in [5.74, 6) is 0.0815. The number of aromatic amines is 1. The monoisotopic (exact) mass is 355 g/mol. The fourth-order valence-corrected chi connectivity index (χ4v) is 3.06. The Labute approximate surface area is 156 Å². The smallest absolute Gasteiger partial charge is 0.211 e. The SMILES string of the molecule is O=CNc1ccc(N=C(c2ccccc2)c2c(O)[nH]c3ccccc23)cc1. The maximum atomic E-state index is 10.6. The summed E-state index contributed by atoms with van der Waals surface area (Å²) >= 11 is 0. The summed E-state index contributed by atoms with van der Waals surface area (Å²) in [5.41, 5.74) is 4.48. The number of aromatic nitrogens is 1. The highest BCUT2D eigenvalue weighted by atomic mass is 16.3. The van der Waals surface area contributed by atoms with E-state index in [1.54, 1.807) is 12.1 Å². The van der Waals surface area contributed by atoms with Crippen molar-refractivity contribution in [3.05, 3.63) is 90.0 Å². The first-order valence-corrected chi connectivity index (χ1v) is 8.50. The van der Waals surface area contributed by atoms with Gasteiger partial charge in [-0.05, 0) is 30.3 Å². The summed E-state index contributed by atoms with van der Waals surface area (Å²) in [5, 5.41) is 14.1. The van der Waals surface area contributed by atoms with Crippen molar-refractivity contribution in [3.8, 4) is 5.88 Å². The fourth-order valence-electron chi connectivity index (χ4n) is 3.06. The van der Waals surface area contributed by atoms with Crippen molar-refractivity contribution in [1.82, 2.24) is 4.98 Å². The van der Waals surface area contributed by atoms with E-state index in [1.807, 2.05) is 66.7 Å². The molecule has 0 radical (unpaired) electrons. The number of aliphatic imine (C=N–C) groups is 1. The van der Waals surface area contributed by atoms with Gasteiger partial charge in [-0.25, -0.2) is 4.99 Å². The molecule has 0 fully saturated rings. The quantitative estimate of drug-likeness (QED) is 0.361. The number of rotatable bonds is 5. The highest BCUT2D eigenvalue weighted by molar-refractivity contribution is 6.21. The predicted molar refractivity (Wildman–Crippen MR) is 108 cm³/mol. The number of carbonyl (C=O) groups is 1. The minimum atomic E-state index is 0.0815. The zero-order valence-corrected chi connectivity index (χ0v) is 14.4. The molecule has 0 saturated carbocycles. The molecule has 0 saturated heterocycles. The summed E-state index contributed by atoms with van der Waals surface area (Å²) in [6.45, 7) is 0. The van der Waals surface area contributed by atoms with Crippen LogP contribution in [0.2, 0.25) is 0 Å². The van der Waals surface area contributed by atoms with Crippen LogP contribution in [0.25, 0.3) is 10.9 Å². The number of hydrogen-bond acceptors (Lipinski definition) is 3. The van der Waals surface area contributed by atoms with Crippen molar-refractivity contribution in [2.24, 2.45) is 4.99 Å². The number of carbonyl (C=O) groups excluding carboxylic acids is 1. The second kappa shape index (κ2) is 7.17. The minimum Gasteiger partial charge on any atom is -0.494 e. The van der Waals surface area contributed by atoms with Crippen molar-refractivity contribution in [2.45, 2.75) is 0 Å². The molecule has 4 aromatic rings. The van der Waals surface area contributed by atoms with Crippen LogP contribution < -0.4 is 5.32 Å². The van der Waals surface area contributed by atoms with Gasteiger partial charge >= 0.3 is 0 Å². The molecule has 132 valence electrons. The van der Waals surface area contributed by atoms with E-state index in [-0.39, 0.29) is 5.88 Å². The van der Waals surface area contributed by atoms with E-state index < -0.39 is 0 Å². The molecule has 0 spiro atoms. The van der Waals surface area contributed by atoms with Crippen LogP contribution >= 0.6 is 0 Å². The molecule has 0 aliphatic rings. The summed E-state index contributed by atoms with van der Waals surface area (Å²) < 4.78 is 0. The van der Waals surface area contributed by atoms with Crippen molar-refractivity contribution in [1.29, 1.82) is 0 Å². The molecule has 0 aliphatic heterocycles. The second-order valence-corrected chi connectivity index (χ2v) is 6.03. The molecule has 0 atom stereocenters. The van der Waals surface area contributed by atoms with Gasteiger partial charge in [-0.15, -0.1) is 0 Å². The first kappa shape index (κ1) is 16.6. The summed E-state index contributed by atoms with van der Waals surface area (Å²) in [7, 11) is 0. The third-order valence-electron chi connectivity index (χ3n) is 4.30. The van der Waals surface area contributed by atoms with Crippen LogP contribution in [-0.2, 0) is 4.79 Å². The molecule has 0 aliphatic carbocycles. The number of H-pyrrole nitrogens is 1. The molecule has 1 aromatic heterocycles. The molecule has 27 heavy (non-hydrogen) atoms. The van der Waals surface area contributed by atoms with Gasteiger partial charge in [0, 0.05) is 22.2 Å². The van der Waals surface area contributed by atoms with Gasteiger partial charge in [0.1, 0.15) is 0 Å². The van der Waals surface area contributed by atoms with Crippen molar-refractivity contribution >= 4 is 34.4 Å². The summed E-state index contributed by atoms with van der Waals surface area (Å²) in [6, 6.07) is 24.7. The molecular weight excluding hydrogens is 338 g/mol. The number of amides is 1. The number of nitrogens with one attached hydrogen (secondary N) is 2. The Balaban J connectivity index is 1.90. The van der Waals surface area contributed by atoms with Crippen LogP contribution in [0.15, 0.2) is 83.9 Å². The van der Waals surface area contributed by atoms with Crippen LogP contribution in [0.4, 0.5) is 11.4 Å². The average molecular weight is 355 g/mol. The maximum Gasteiger partial charge on any atom is 0.211 e. The number of para-hydroxylation sites is 1. The average Bonchev–Trinajstić information content (AvgIpc) is 3.04. The molecule has 4 rings (SSSR count). The predicted octanol–water partition coefficient (Wildman–Crippen LogP) is 4.61. The molecule has 3 N–H and O–H groups in total. The highest BCUT2D eigenvalue weighted by Gasteiger charge is 2.18. The van der Waals surface area contributed by atoms with Crippen LogP contribution in [0.3, 0.4) is 0 Å². The van der Waals surface area contributed by atoms with E-state index in [0.717, 1.165) is 22.2 Å². The van der Waals surface area contributed by atoms with Crippen molar-refractivity contribution in [3.63, 3.8) is 0 Å². The number of aromatic hydroxyl groups is 1. The van der Waals surface area contributed by atoms with Crippen LogP contribution in [0.5, 0.6) is 5.88 Å². The van der Waals surface area contributed by atoms with Crippen LogP contribution in [0, 0.1) is 0 Å². The van der Waals surface area contributed by atoms with E-state index in [1.165, 1.54) is 0 Å². The van der Waals surface area contributed by atoms with Gasteiger partial charge in [-0.3, -0.25) is 4.79 Å². The van der Waals surface area contributed by atoms with Crippen LogP contribution in [-0.4, -0.2) is 22.2 Å². The third-order valence-corrected chi connectivity index (χ3v) is 4.30. The van der Waals surface area contributed by atoms with Gasteiger partial charge in [0.05, 0.1) is 17.0 Å². The Kier molecular flexibility index (Phi) is 4.41. The topological polar surface area (TPSA) is 77.5 Å². The Hall–Kier alpha value is -3.86. The number of nitrogens with zero attached hydrogens (tertiary/aromatic N) is 1. The molecule has 1 heterocycles. The number of anilines is 1. The molecule has 0 unspecified atom stereocenters. The van der Waals surface area contributed by atoms with E-state index in [9.17, 15) is 9.90 Å². The fraction of sp³-hybridized carbons (Fsp3) is 0. The highest BCUT2D eigenvalue weighted by Crippen LogP contribution is 2.31. The molecule has 1 amide bonds. The van der Waals surface area contributed by atoms with Gasteiger partial charge in [0.15, 0.2) is 5.88 Å². The van der Waals surface area contributed by atoms with Crippen LogP contribution in [0.1, 0.15) is 11.1 Å². The Morgan fingerprint density at radius 2 is 1.63 bits per heavy atom. The lowest BCUT2D eigenvalue weighted by molar-refractivity contribution is -0.105. The van der Waals surface area contributed by atoms with Gasteiger partial charge in [-0.1, -0.05) is 48.5 Å². The van der Waals surface area contributed by atoms with E-state index in [2.05, 4.69) is 10.3 Å². The number of benzene rings is 3. The minimum absolute atomic E-state index is 0.0815. The Morgan fingerprint density at radius 1 is 0.926 bits per heavy atom. The maximum absolute atomic E-state index is 10.6. The molecule has 5 heteroatoms. The zero-order valence-electron chi connectivity index (χ0n) is 14.4. The van der Waals surface area contributed by atoms with E-state index in [0.29, 0.717) is 23.4 Å². The summed E-state index contributed by atoms with van der Waals surface area (Å²) in [4.78, 5) is 18.4. The number of fused-ring (bicyclic) bond motifs is 1. The lowest BCUT2D eigenvalue weighted by atomic mass is 10.0. The van der Waals surface area contributed by atoms with E-state index >= 15 is 0 Å². The first-order valence-electron chi connectivity index (χ1n) is 8.50.